The van der Waals surface area contributed by atoms with Crippen LogP contribution in [0.5, 0.6) is 0 Å². The van der Waals surface area contributed by atoms with E-state index in [1.165, 1.54) is 0 Å². The van der Waals surface area contributed by atoms with E-state index < -0.39 is 6.10 Å². The van der Waals surface area contributed by atoms with Crippen molar-refractivity contribution in [2.75, 3.05) is 36.5 Å². The lowest BCUT2D eigenvalue weighted by Gasteiger charge is -2.33. The maximum Gasteiger partial charge on any atom is 0.257 e. The SMILES string of the molecule is O=C1Nc2cc(N3CCC(OCCO)CC3)ccc2C1O. The average Bonchev–Trinajstić information content (AvgIpc) is 2.80. The summed E-state index contributed by atoms with van der Waals surface area (Å²) >= 11 is 0. The van der Waals surface area contributed by atoms with Crippen molar-refractivity contribution in [3.63, 3.8) is 0 Å². The maximum absolute atomic E-state index is 11.5. The number of hydrogen-bond donors (Lipinski definition) is 3. The predicted molar refractivity (Wildman–Crippen MR) is 78.3 cm³/mol. The molecular weight excluding hydrogens is 272 g/mol. The number of amides is 1. The van der Waals surface area contributed by atoms with Gasteiger partial charge in [-0.2, -0.15) is 0 Å². The van der Waals surface area contributed by atoms with Crippen molar-refractivity contribution in [2.24, 2.45) is 0 Å². The summed E-state index contributed by atoms with van der Waals surface area (Å²) in [7, 11) is 0. The first-order chi connectivity index (χ1) is 10.2. The van der Waals surface area contributed by atoms with E-state index in [4.69, 9.17) is 9.84 Å². The topological polar surface area (TPSA) is 82.0 Å². The van der Waals surface area contributed by atoms with E-state index in [2.05, 4.69) is 10.2 Å². The highest BCUT2D eigenvalue weighted by molar-refractivity contribution is 6.02. The summed E-state index contributed by atoms with van der Waals surface area (Å²) in [6.07, 6.45) is 1.01. The molecule has 0 radical (unpaired) electrons. The molecule has 6 heteroatoms. The smallest absolute Gasteiger partial charge is 0.257 e. The molecule has 1 saturated heterocycles. The molecule has 1 amide bonds. The summed E-state index contributed by atoms with van der Waals surface area (Å²) in [5.41, 5.74) is 2.39. The Kier molecular flexibility index (Phi) is 4.10. The van der Waals surface area contributed by atoms with Gasteiger partial charge in [0.05, 0.1) is 19.3 Å². The lowest BCUT2D eigenvalue weighted by molar-refractivity contribution is -0.123. The fourth-order valence-electron chi connectivity index (χ4n) is 2.93. The number of nitrogens with zero attached hydrogens (tertiary/aromatic N) is 1. The van der Waals surface area contributed by atoms with Crippen molar-refractivity contribution in [2.45, 2.75) is 25.0 Å². The molecule has 1 aromatic carbocycles. The number of aliphatic hydroxyl groups is 2. The number of piperidine rings is 1. The van der Waals surface area contributed by atoms with Crippen LogP contribution in [0.15, 0.2) is 18.2 Å². The van der Waals surface area contributed by atoms with Crippen molar-refractivity contribution >= 4 is 17.3 Å². The molecule has 1 atom stereocenters. The number of anilines is 2. The molecular formula is C15H20N2O4. The molecule has 1 aromatic rings. The number of carbonyl (C=O) groups excluding carboxylic acids is 1. The minimum atomic E-state index is -1.05. The van der Waals surface area contributed by atoms with Gasteiger partial charge in [-0.15, -0.1) is 0 Å². The van der Waals surface area contributed by atoms with E-state index >= 15 is 0 Å². The van der Waals surface area contributed by atoms with Gasteiger partial charge in [0.1, 0.15) is 0 Å². The van der Waals surface area contributed by atoms with Gasteiger partial charge in [0, 0.05) is 30.0 Å². The Morgan fingerprint density at radius 1 is 1.33 bits per heavy atom. The van der Waals surface area contributed by atoms with Gasteiger partial charge in [0.15, 0.2) is 6.10 Å². The highest BCUT2D eigenvalue weighted by Crippen LogP contribution is 2.34. The second-order valence-corrected chi connectivity index (χ2v) is 5.44. The van der Waals surface area contributed by atoms with Gasteiger partial charge in [-0.05, 0) is 25.0 Å². The minimum absolute atomic E-state index is 0.0626. The lowest BCUT2D eigenvalue weighted by atomic mass is 10.1. The fourth-order valence-corrected chi connectivity index (χ4v) is 2.93. The quantitative estimate of drug-likeness (QED) is 0.759. The Labute approximate surface area is 123 Å². The number of ether oxygens (including phenoxy) is 1. The number of rotatable bonds is 4. The zero-order chi connectivity index (χ0) is 14.8. The van der Waals surface area contributed by atoms with E-state index in [0.29, 0.717) is 17.9 Å². The molecule has 0 bridgehead atoms. The molecule has 1 fully saturated rings. The Morgan fingerprint density at radius 3 is 2.81 bits per heavy atom. The highest BCUT2D eigenvalue weighted by Gasteiger charge is 2.29. The summed E-state index contributed by atoms with van der Waals surface area (Å²) in [6, 6.07) is 5.66. The summed E-state index contributed by atoms with van der Waals surface area (Å²) in [4.78, 5) is 13.7. The normalized spacial score (nSPS) is 22.3. The van der Waals surface area contributed by atoms with Gasteiger partial charge in [-0.25, -0.2) is 0 Å². The molecule has 114 valence electrons. The van der Waals surface area contributed by atoms with E-state index in [9.17, 15) is 9.90 Å². The Bertz CT molecular complexity index is 526. The second-order valence-electron chi connectivity index (χ2n) is 5.44. The van der Waals surface area contributed by atoms with Crippen LogP contribution >= 0.6 is 0 Å². The first-order valence-electron chi connectivity index (χ1n) is 7.29. The number of fused-ring (bicyclic) bond motifs is 1. The first kappa shape index (κ1) is 14.3. The highest BCUT2D eigenvalue weighted by atomic mass is 16.5. The third-order valence-corrected chi connectivity index (χ3v) is 4.09. The van der Waals surface area contributed by atoms with E-state index in [1.807, 2.05) is 18.2 Å². The monoisotopic (exact) mass is 292 g/mol. The van der Waals surface area contributed by atoms with Crippen LogP contribution in [-0.2, 0) is 9.53 Å². The van der Waals surface area contributed by atoms with Crippen LogP contribution in [0.25, 0.3) is 0 Å². The molecule has 6 nitrogen and oxygen atoms in total. The van der Waals surface area contributed by atoms with Crippen LogP contribution in [0.1, 0.15) is 24.5 Å². The third-order valence-electron chi connectivity index (χ3n) is 4.09. The van der Waals surface area contributed by atoms with E-state index in [0.717, 1.165) is 31.6 Å². The number of aliphatic hydroxyl groups excluding tert-OH is 2. The molecule has 0 spiro atoms. The van der Waals surface area contributed by atoms with Gasteiger partial charge in [-0.3, -0.25) is 4.79 Å². The number of carbonyl (C=O) groups is 1. The van der Waals surface area contributed by atoms with Crippen LogP contribution in [-0.4, -0.2) is 48.5 Å². The molecule has 0 aromatic heterocycles. The number of hydrogen-bond acceptors (Lipinski definition) is 5. The molecule has 3 rings (SSSR count). The van der Waals surface area contributed by atoms with Gasteiger partial charge >= 0.3 is 0 Å². The Hall–Kier alpha value is -1.63. The van der Waals surface area contributed by atoms with Crippen LogP contribution in [0.2, 0.25) is 0 Å². The van der Waals surface area contributed by atoms with Gasteiger partial charge in [-0.1, -0.05) is 6.07 Å². The molecule has 1 unspecified atom stereocenters. The van der Waals surface area contributed by atoms with Crippen LogP contribution in [0.4, 0.5) is 11.4 Å². The molecule has 2 aliphatic rings. The zero-order valence-electron chi connectivity index (χ0n) is 11.8. The Morgan fingerprint density at radius 2 is 2.10 bits per heavy atom. The second kappa shape index (κ2) is 6.01. The minimum Gasteiger partial charge on any atom is -0.394 e. The van der Waals surface area contributed by atoms with Crippen LogP contribution < -0.4 is 10.2 Å². The molecule has 2 heterocycles. The lowest BCUT2D eigenvalue weighted by Crippen LogP contribution is -2.37. The van der Waals surface area contributed by atoms with Crippen LogP contribution in [0.3, 0.4) is 0 Å². The molecule has 21 heavy (non-hydrogen) atoms. The number of nitrogens with one attached hydrogen (secondary N) is 1. The number of benzene rings is 1. The van der Waals surface area contributed by atoms with E-state index in [-0.39, 0.29) is 18.6 Å². The summed E-state index contributed by atoms with van der Waals surface area (Å²) in [5, 5.41) is 21.2. The van der Waals surface area contributed by atoms with Crippen molar-refractivity contribution in [1.29, 1.82) is 0 Å². The van der Waals surface area contributed by atoms with Crippen molar-refractivity contribution in [3.05, 3.63) is 23.8 Å². The zero-order valence-corrected chi connectivity index (χ0v) is 11.8. The molecule has 3 N–H and O–H groups in total. The van der Waals surface area contributed by atoms with Crippen molar-refractivity contribution in [3.8, 4) is 0 Å². The Balaban J connectivity index is 1.64. The third kappa shape index (κ3) is 2.88. The van der Waals surface area contributed by atoms with Gasteiger partial charge in [0.2, 0.25) is 0 Å². The molecule has 2 aliphatic heterocycles. The standard InChI is InChI=1S/C15H20N2O4/c18-7-8-21-11-3-5-17(6-4-11)10-1-2-12-13(9-10)16-15(20)14(12)19/h1-2,9,11,14,18-19H,3-8H2,(H,16,20). The van der Waals surface area contributed by atoms with E-state index in [1.54, 1.807) is 0 Å². The largest absolute Gasteiger partial charge is 0.394 e. The fraction of sp³-hybridized carbons (Fsp3) is 0.533. The summed E-state index contributed by atoms with van der Waals surface area (Å²) < 4.78 is 5.55. The van der Waals surface area contributed by atoms with Crippen LogP contribution in [0, 0.1) is 0 Å². The molecule has 0 aliphatic carbocycles. The van der Waals surface area contributed by atoms with Crippen molar-refractivity contribution in [1.82, 2.24) is 0 Å². The average molecular weight is 292 g/mol. The summed E-state index contributed by atoms with van der Waals surface area (Å²) in [5.74, 6) is -0.363. The molecule has 0 saturated carbocycles. The first-order valence-corrected chi connectivity index (χ1v) is 7.29. The predicted octanol–water partition coefficient (Wildman–Crippen LogP) is 0.650. The summed E-state index contributed by atoms with van der Waals surface area (Å²) in [6.45, 7) is 2.22. The van der Waals surface area contributed by atoms with Gasteiger partial charge < -0.3 is 25.2 Å². The maximum atomic E-state index is 11.5. The van der Waals surface area contributed by atoms with Crippen molar-refractivity contribution < 1.29 is 19.7 Å². The van der Waals surface area contributed by atoms with Gasteiger partial charge in [0.25, 0.3) is 5.91 Å².